The Morgan fingerprint density at radius 3 is 2.56 bits per heavy atom. The quantitative estimate of drug-likeness (QED) is 0.402. The van der Waals surface area contributed by atoms with Crippen LogP contribution in [0, 0.1) is 5.82 Å². The molecule has 12 heteroatoms. The van der Waals surface area contributed by atoms with Crippen LogP contribution in [-0.4, -0.2) is 46.3 Å². The molecule has 0 amide bonds. The first-order valence-electron chi connectivity index (χ1n) is 10.3. The lowest BCUT2D eigenvalue weighted by Crippen LogP contribution is -2.18. The van der Waals surface area contributed by atoms with Crippen LogP contribution in [0.15, 0.2) is 66.1 Å². The third kappa shape index (κ3) is 4.03. The van der Waals surface area contributed by atoms with Gasteiger partial charge >= 0.3 is 5.97 Å². The van der Waals surface area contributed by atoms with Crippen molar-refractivity contribution in [2.24, 2.45) is 0 Å². The number of nitrogens with zero attached hydrogens (tertiary/aromatic N) is 5. The first-order chi connectivity index (χ1) is 16.4. The molecule has 1 fully saturated rings. The summed E-state index contributed by atoms with van der Waals surface area (Å²) >= 11 is 0. The minimum absolute atomic E-state index is 0.0235. The van der Waals surface area contributed by atoms with Crippen molar-refractivity contribution in [1.29, 1.82) is 0 Å². The van der Waals surface area contributed by atoms with E-state index < -0.39 is 21.8 Å². The van der Waals surface area contributed by atoms with E-state index in [1.54, 1.807) is 41.2 Å². The van der Waals surface area contributed by atoms with Gasteiger partial charge < -0.3 is 9.30 Å². The molecule has 4 aromatic rings. The zero-order chi connectivity index (χ0) is 23.9. The average Bonchev–Trinajstić information content (AvgIpc) is 3.28. The number of rotatable bonds is 7. The first kappa shape index (κ1) is 21.8. The minimum Gasteiger partial charge on any atom is -0.465 e. The summed E-state index contributed by atoms with van der Waals surface area (Å²) in [6, 6.07) is 10.5. The predicted octanol–water partition coefficient (Wildman–Crippen LogP) is 3.06. The molecule has 2 aromatic carbocycles. The highest BCUT2D eigenvalue weighted by Gasteiger charge is 2.32. The number of benzene rings is 2. The number of carbonyl (C=O) groups excluding carboxylic acids is 1. The van der Waals surface area contributed by atoms with Gasteiger partial charge in [-0.25, -0.2) is 17.6 Å². The van der Waals surface area contributed by atoms with Crippen LogP contribution >= 0.6 is 0 Å². The molecule has 0 radical (unpaired) electrons. The molecule has 1 saturated carbocycles. The van der Waals surface area contributed by atoms with E-state index in [9.17, 15) is 17.6 Å². The summed E-state index contributed by atoms with van der Waals surface area (Å²) in [5, 5.41) is 10.7. The maximum Gasteiger partial charge on any atom is 0.337 e. The maximum atomic E-state index is 14.9. The smallest absolute Gasteiger partial charge is 0.337 e. The number of anilines is 1. The zero-order valence-electron chi connectivity index (χ0n) is 17.9. The summed E-state index contributed by atoms with van der Waals surface area (Å²) in [6.07, 6.45) is 6.24. The fourth-order valence-electron chi connectivity index (χ4n) is 3.73. The molecule has 5 rings (SSSR count). The maximum absolute atomic E-state index is 14.9. The predicted molar refractivity (Wildman–Crippen MR) is 119 cm³/mol. The molecule has 1 N–H and O–H groups in total. The molecule has 0 bridgehead atoms. The van der Waals surface area contributed by atoms with E-state index in [4.69, 9.17) is 4.74 Å². The van der Waals surface area contributed by atoms with E-state index in [0.29, 0.717) is 5.56 Å². The van der Waals surface area contributed by atoms with Crippen molar-refractivity contribution in [3.63, 3.8) is 0 Å². The summed E-state index contributed by atoms with van der Waals surface area (Å²) in [7, 11) is -2.95. The van der Waals surface area contributed by atoms with Gasteiger partial charge in [0, 0.05) is 18.5 Å². The SMILES string of the molecule is COC(=O)c1ccc(C2CC2)c(S(=O)(=O)Nc2cc(-n3cnnn3)c(F)cc2-n2cccc2)c1. The monoisotopic (exact) mass is 482 g/mol. The number of hydrogen-bond donors (Lipinski definition) is 1. The van der Waals surface area contributed by atoms with Crippen molar-refractivity contribution in [1.82, 2.24) is 24.8 Å². The van der Waals surface area contributed by atoms with Crippen LogP contribution in [-0.2, 0) is 14.8 Å². The number of ether oxygens (including phenoxy) is 1. The van der Waals surface area contributed by atoms with Crippen LogP contribution in [0.4, 0.5) is 10.1 Å². The fraction of sp³-hybridized carbons (Fsp3) is 0.182. The second-order valence-corrected chi connectivity index (χ2v) is 9.44. The molecule has 1 aliphatic rings. The lowest BCUT2D eigenvalue weighted by Gasteiger charge is -2.17. The number of tetrazole rings is 1. The van der Waals surface area contributed by atoms with Gasteiger partial charge in [-0.05, 0) is 65.1 Å². The van der Waals surface area contributed by atoms with Crippen molar-refractivity contribution in [2.75, 3.05) is 11.8 Å². The molecule has 0 atom stereocenters. The van der Waals surface area contributed by atoms with Crippen LogP contribution in [0.2, 0.25) is 0 Å². The number of esters is 1. The van der Waals surface area contributed by atoms with Gasteiger partial charge in [0.25, 0.3) is 10.0 Å². The zero-order valence-corrected chi connectivity index (χ0v) is 18.7. The minimum atomic E-state index is -4.18. The van der Waals surface area contributed by atoms with Crippen molar-refractivity contribution < 1.29 is 22.3 Å². The normalized spacial score (nSPS) is 13.6. The van der Waals surface area contributed by atoms with Gasteiger partial charge in [-0.15, -0.1) is 5.10 Å². The van der Waals surface area contributed by atoms with E-state index in [-0.39, 0.29) is 33.4 Å². The second-order valence-electron chi connectivity index (χ2n) is 7.79. The summed E-state index contributed by atoms with van der Waals surface area (Å²) in [5.41, 5.74) is 1.06. The van der Waals surface area contributed by atoms with Crippen LogP contribution in [0.1, 0.15) is 34.7 Å². The number of hydrogen-bond acceptors (Lipinski definition) is 7. The highest BCUT2D eigenvalue weighted by Crippen LogP contribution is 2.43. The van der Waals surface area contributed by atoms with Gasteiger partial charge in [-0.3, -0.25) is 4.72 Å². The lowest BCUT2D eigenvalue weighted by atomic mass is 10.1. The molecule has 0 saturated heterocycles. The highest BCUT2D eigenvalue weighted by atomic mass is 32.2. The van der Waals surface area contributed by atoms with Crippen LogP contribution in [0.5, 0.6) is 0 Å². The highest BCUT2D eigenvalue weighted by molar-refractivity contribution is 7.92. The van der Waals surface area contributed by atoms with Crippen molar-refractivity contribution in [3.05, 3.63) is 78.1 Å². The number of aromatic nitrogens is 5. The van der Waals surface area contributed by atoms with Crippen molar-refractivity contribution in [3.8, 4) is 11.4 Å². The fourth-order valence-corrected chi connectivity index (χ4v) is 5.12. The molecule has 0 spiro atoms. The van der Waals surface area contributed by atoms with E-state index in [2.05, 4.69) is 20.2 Å². The number of halogens is 1. The Morgan fingerprint density at radius 2 is 1.91 bits per heavy atom. The Labute approximate surface area is 194 Å². The number of methoxy groups -OCH3 is 1. The molecule has 0 unspecified atom stereocenters. The Morgan fingerprint density at radius 1 is 1.15 bits per heavy atom. The van der Waals surface area contributed by atoms with Crippen LogP contribution < -0.4 is 4.72 Å². The van der Waals surface area contributed by atoms with Crippen molar-refractivity contribution >= 4 is 21.7 Å². The summed E-state index contributed by atoms with van der Waals surface area (Å²) < 4.78 is 52.2. The largest absolute Gasteiger partial charge is 0.465 e. The number of sulfonamides is 1. The molecule has 2 aromatic heterocycles. The van der Waals surface area contributed by atoms with Gasteiger partial charge in [-0.1, -0.05) is 6.07 Å². The molecule has 10 nitrogen and oxygen atoms in total. The van der Waals surface area contributed by atoms with E-state index in [1.165, 1.54) is 31.6 Å². The van der Waals surface area contributed by atoms with Gasteiger partial charge in [0.1, 0.15) is 12.0 Å². The van der Waals surface area contributed by atoms with E-state index in [0.717, 1.165) is 17.5 Å². The summed E-state index contributed by atoms with van der Waals surface area (Å²) in [4.78, 5) is 12.0. The lowest BCUT2D eigenvalue weighted by molar-refractivity contribution is 0.0600. The summed E-state index contributed by atoms with van der Waals surface area (Å²) in [6.45, 7) is 0. The topological polar surface area (TPSA) is 121 Å². The standard InChI is InChI=1S/C22H19FN6O4S/c1-33-22(30)15-6-7-16(14-4-5-14)21(10-15)34(31,32)25-18-12-19(29-13-24-26-27-29)17(23)11-20(18)28-8-2-3-9-28/h2-3,6-14,25H,4-5H2,1H3. The van der Waals surface area contributed by atoms with Gasteiger partial charge in [0.15, 0.2) is 5.82 Å². The molecule has 0 aliphatic heterocycles. The second kappa shape index (κ2) is 8.37. The molecule has 174 valence electrons. The number of carbonyl (C=O) groups is 1. The average molecular weight is 482 g/mol. The summed E-state index contributed by atoms with van der Waals surface area (Å²) in [5.74, 6) is -1.20. The molecule has 2 heterocycles. The van der Waals surface area contributed by atoms with Gasteiger partial charge in [0.2, 0.25) is 0 Å². The molecular weight excluding hydrogens is 463 g/mol. The third-order valence-corrected chi connectivity index (χ3v) is 6.95. The third-order valence-electron chi connectivity index (χ3n) is 5.53. The number of nitrogens with one attached hydrogen (secondary N) is 1. The van der Waals surface area contributed by atoms with Gasteiger partial charge in [-0.2, -0.15) is 4.68 Å². The van der Waals surface area contributed by atoms with Crippen LogP contribution in [0.3, 0.4) is 0 Å². The molecular formula is C22H19FN6O4S. The first-order valence-corrected chi connectivity index (χ1v) is 11.8. The Bertz CT molecular complexity index is 1470. The Hall–Kier alpha value is -4.06. The van der Waals surface area contributed by atoms with E-state index in [1.807, 2.05) is 0 Å². The Balaban J connectivity index is 1.64. The Kier molecular flexibility index (Phi) is 5.36. The van der Waals surface area contributed by atoms with E-state index >= 15 is 0 Å². The van der Waals surface area contributed by atoms with Crippen molar-refractivity contribution in [2.45, 2.75) is 23.7 Å². The molecule has 1 aliphatic carbocycles. The van der Waals surface area contributed by atoms with Gasteiger partial charge in [0.05, 0.1) is 28.9 Å². The molecule has 34 heavy (non-hydrogen) atoms. The van der Waals surface area contributed by atoms with Crippen LogP contribution in [0.25, 0.3) is 11.4 Å².